The summed E-state index contributed by atoms with van der Waals surface area (Å²) in [5.74, 6) is 0.964. The lowest BCUT2D eigenvalue weighted by Crippen LogP contribution is -2.29. The number of carbonyl (C=O) groups excluding carboxylic acids is 2. The number of benzene rings is 2. The Morgan fingerprint density at radius 1 is 1.16 bits per heavy atom. The summed E-state index contributed by atoms with van der Waals surface area (Å²) in [5, 5.41) is 9.75. The van der Waals surface area contributed by atoms with Crippen LogP contribution in [0.25, 0.3) is 0 Å². The van der Waals surface area contributed by atoms with Crippen molar-refractivity contribution in [3.63, 3.8) is 0 Å². The number of rotatable bonds is 8. The molecule has 0 radical (unpaired) electrons. The van der Waals surface area contributed by atoms with E-state index in [9.17, 15) is 9.59 Å². The highest BCUT2D eigenvalue weighted by Gasteiger charge is 2.28. The fraction of sp³-hybridized carbons (Fsp3) is 0.304. The molecule has 9 heteroatoms. The number of aryl methyl sites for hydroxylation is 1. The van der Waals surface area contributed by atoms with Crippen LogP contribution < -0.4 is 20.1 Å². The lowest BCUT2D eigenvalue weighted by Gasteiger charge is -2.24. The summed E-state index contributed by atoms with van der Waals surface area (Å²) in [7, 11) is 0. The number of ether oxygens (including phenoxy) is 2. The van der Waals surface area contributed by atoms with Crippen LogP contribution >= 0.6 is 0 Å². The Morgan fingerprint density at radius 2 is 1.97 bits per heavy atom. The maximum atomic E-state index is 12.3. The van der Waals surface area contributed by atoms with Crippen LogP contribution in [0.2, 0.25) is 0 Å². The molecule has 0 saturated heterocycles. The molecule has 4 rings (SSSR count). The number of amides is 2. The van der Waals surface area contributed by atoms with E-state index in [1.807, 2.05) is 43.3 Å². The summed E-state index contributed by atoms with van der Waals surface area (Å²) in [4.78, 5) is 28.5. The van der Waals surface area contributed by atoms with Crippen LogP contribution in [0.5, 0.6) is 11.5 Å². The van der Waals surface area contributed by atoms with Gasteiger partial charge in [0, 0.05) is 5.69 Å². The van der Waals surface area contributed by atoms with Crippen LogP contribution in [0.3, 0.4) is 0 Å². The van der Waals surface area contributed by atoms with Gasteiger partial charge in [0.1, 0.15) is 6.33 Å². The van der Waals surface area contributed by atoms with Gasteiger partial charge in [-0.3, -0.25) is 14.9 Å². The Bertz CT molecular complexity index is 1110. The molecule has 0 bridgehead atoms. The Balaban J connectivity index is 1.46. The predicted molar refractivity (Wildman–Crippen MR) is 119 cm³/mol. The fourth-order valence-electron chi connectivity index (χ4n) is 3.55. The van der Waals surface area contributed by atoms with Gasteiger partial charge in [-0.05, 0) is 48.7 Å². The van der Waals surface area contributed by atoms with Crippen molar-refractivity contribution < 1.29 is 19.1 Å². The Labute approximate surface area is 185 Å². The molecule has 0 unspecified atom stereocenters. The summed E-state index contributed by atoms with van der Waals surface area (Å²) in [5.41, 5.74) is 2.76. The van der Waals surface area contributed by atoms with Crippen molar-refractivity contribution >= 4 is 23.5 Å². The van der Waals surface area contributed by atoms with E-state index in [2.05, 4.69) is 27.6 Å². The summed E-state index contributed by atoms with van der Waals surface area (Å²) in [6.45, 7) is 4.22. The zero-order valence-electron chi connectivity index (χ0n) is 18.0. The maximum Gasteiger partial charge on any atom is 0.262 e. The van der Waals surface area contributed by atoms with Crippen LogP contribution in [-0.2, 0) is 16.0 Å². The zero-order chi connectivity index (χ0) is 22.5. The first-order valence-electron chi connectivity index (χ1n) is 10.5. The molecule has 2 heterocycles. The molecule has 1 atom stereocenters. The quantitative estimate of drug-likeness (QED) is 0.563. The minimum atomic E-state index is -0.302. The molecular formula is C23H25N5O4. The highest BCUT2D eigenvalue weighted by atomic mass is 16.5. The molecule has 2 N–H and O–H groups in total. The van der Waals surface area contributed by atoms with Crippen molar-refractivity contribution in [2.75, 3.05) is 23.8 Å². The smallest absolute Gasteiger partial charge is 0.262 e. The lowest BCUT2D eigenvalue weighted by molar-refractivity contribution is -0.118. The van der Waals surface area contributed by atoms with Crippen molar-refractivity contribution in [1.29, 1.82) is 0 Å². The first kappa shape index (κ1) is 21.4. The SMILES string of the molecule is CCOc1cc([C@@H]2CC(=O)Nc3ncnn32)ccc1OCC(=O)Nc1ccc(CC)cc1. The third kappa shape index (κ3) is 4.72. The number of anilines is 2. The molecule has 0 fully saturated rings. The van der Waals surface area contributed by atoms with Gasteiger partial charge in [-0.25, -0.2) is 4.68 Å². The number of carbonyl (C=O) groups is 2. The minimum Gasteiger partial charge on any atom is -0.490 e. The van der Waals surface area contributed by atoms with Crippen molar-refractivity contribution in [3.05, 3.63) is 59.9 Å². The highest BCUT2D eigenvalue weighted by molar-refractivity contribution is 5.92. The molecule has 0 aliphatic carbocycles. The van der Waals surface area contributed by atoms with Gasteiger partial charge in [0.05, 0.1) is 19.1 Å². The first-order chi connectivity index (χ1) is 15.6. The second-order valence-electron chi connectivity index (χ2n) is 7.32. The van der Waals surface area contributed by atoms with Crippen molar-refractivity contribution in [2.24, 2.45) is 0 Å². The van der Waals surface area contributed by atoms with Crippen LogP contribution in [-0.4, -0.2) is 39.8 Å². The van der Waals surface area contributed by atoms with Crippen molar-refractivity contribution in [3.8, 4) is 11.5 Å². The summed E-state index contributed by atoms with van der Waals surface area (Å²) in [6.07, 6.45) is 2.59. The standard InChI is InChI=1S/C23H25N5O4/c1-3-15-5-8-17(9-6-15)26-22(30)13-32-19-10-7-16(11-20(19)31-4-2)18-12-21(29)27-23-24-14-25-28(18)23/h5-11,14,18H,3-4,12-13H2,1-2H3,(H,26,30)(H,24,25,27,29)/t18-/m0/s1. The van der Waals surface area contributed by atoms with Crippen LogP contribution in [0.4, 0.5) is 11.6 Å². The molecule has 2 amide bonds. The van der Waals surface area contributed by atoms with E-state index in [0.29, 0.717) is 24.1 Å². The number of fused-ring (bicyclic) bond motifs is 1. The van der Waals surface area contributed by atoms with E-state index >= 15 is 0 Å². The highest BCUT2D eigenvalue weighted by Crippen LogP contribution is 2.35. The van der Waals surface area contributed by atoms with Gasteiger partial charge in [-0.1, -0.05) is 25.1 Å². The summed E-state index contributed by atoms with van der Waals surface area (Å²) >= 11 is 0. The van der Waals surface area contributed by atoms with Gasteiger partial charge in [0.25, 0.3) is 5.91 Å². The summed E-state index contributed by atoms with van der Waals surface area (Å²) < 4.78 is 13.1. The molecule has 3 aromatic rings. The average molecular weight is 435 g/mol. The number of hydrogen-bond acceptors (Lipinski definition) is 6. The largest absolute Gasteiger partial charge is 0.490 e. The van der Waals surface area contributed by atoms with E-state index in [-0.39, 0.29) is 30.9 Å². The number of hydrogen-bond donors (Lipinski definition) is 2. The first-order valence-corrected chi connectivity index (χ1v) is 10.5. The van der Waals surface area contributed by atoms with Crippen molar-refractivity contribution in [2.45, 2.75) is 32.7 Å². The summed E-state index contributed by atoms with van der Waals surface area (Å²) in [6, 6.07) is 12.8. The van der Waals surface area contributed by atoms with E-state index < -0.39 is 0 Å². The molecule has 0 saturated carbocycles. The molecular weight excluding hydrogens is 410 g/mol. The zero-order valence-corrected chi connectivity index (χ0v) is 18.0. The van der Waals surface area contributed by atoms with E-state index in [1.165, 1.54) is 11.9 Å². The van der Waals surface area contributed by atoms with Crippen LogP contribution in [0.1, 0.15) is 37.4 Å². The predicted octanol–water partition coefficient (Wildman–Crippen LogP) is 3.19. The number of nitrogens with zero attached hydrogens (tertiary/aromatic N) is 3. The third-order valence-electron chi connectivity index (χ3n) is 5.16. The van der Waals surface area contributed by atoms with Crippen LogP contribution in [0.15, 0.2) is 48.8 Å². The number of nitrogens with one attached hydrogen (secondary N) is 2. The fourth-order valence-corrected chi connectivity index (χ4v) is 3.55. The molecule has 1 aliphatic heterocycles. The molecule has 166 valence electrons. The third-order valence-corrected chi connectivity index (χ3v) is 5.16. The van der Waals surface area contributed by atoms with Gasteiger partial charge in [0.2, 0.25) is 11.9 Å². The topological polar surface area (TPSA) is 107 Å². The van der Waals surface area contributed by atoms with Gasteiger partial charge in [-0.2, -0.15) is 10.1 Å². The second-order valence-corrected chi connectivity index (χ2v) is 7.32. The van der Waals surface area contributed by atoms with Gasteiger partial charge < -0.3 is 14.8 Å². The Morgan fingerprint density at radius 3 is 2.72 bits per heavy atom. The molecule has 0 spiro atoms. The van der Waals surface area contributed by atoms with Gasteiger partial charge >= 0.3 is 0 Å². The maximum absolute atomic E-state index is 12.3. The lowest BCUT2D eigenvalue weighted by atomic mass is 10.0. The number of aromatic nitrogens is 3. The van der Waals surface area contributed by atoms with Crippen molar-refractivity contribution in [1.82, 2.24) is 14.8 Å². The molecule has 9 nitrogen and oxygen atoms in total. The van der Waals surface area contributed by atoms with Gasteiger partial charge in [-0.15, -0.1) is 0 Å². The second kappa shape index (κ2) is 9.51. The molecule has 32 heavy (non-hydrogen) atoms. The molecule has 1 aromatic heterocycles. The van der Waals surface area contributed by atoms with E-state index in [1.54, 1.807) is 10.7 Å². The van der Waals surface area contributed by atoms with Gasteiger partial charge in [0.15, 0.2) is 18.1 Å². The average Bonchev–Trinajstić information content (AvgIpc) is 3.27. The monoisotopic (exact) mass is 435 g/mol. The van der Waals surface area contributed by atoms with Crippen LogP contribution in [0, 0.1) is 0 Å². The van der Waals surface area contributed by atoms with E-state index in [0.717, 1.165) is 17.7 Å². The normalized spacial score (nSPS) is 14.9. The Kier molecular flexibility index (Phi) is 6.34. The van der Waals surface area contributed by atoms with E-state index in [4.69, 9.17) is 9.47 Å². The Hall–Kier alpha value is -3.88. The molecule has 1 aliphatic rings. The molecule has 2 aromatic carbocycles. The minimum absolute atomic E-state index is 0.127.